The number of carboxylic acids is 1. The lowest BCUT2D eigenvalue weighted by Gasteiger charge is -2.10. The molecule has 1 N–H and O–H groups in total. The van der Waals surface area contributed by atoms with Gasteiger partial charge in [-0.2, -0.15) is 4.98 Å². The van der Waals surface area contributed by atoms with Gasteiger partial charge in [-0.15, -0.1) is 11.3 Å². The van der Waals surface area contributed by atoms with Crippen molar-refractivity contribution in [2.75, 3.05) is 5.75 Å². The van der Waals surface area contributed by atoms with Crippen molar-refractivity contribution in [2.24, 2.45) is 0 Å². The number of aromatic nitrogens is 2. The van der Waals surface area contributed by atoms with E-state index in [-0.39, 0.29) is 11.3 Å². The van der Waals surface area contributed by atoms with Gasteiger partial charge in [0, 0.05) is 17.1 Å². The molecule has 0 radical (unpaired) electrons. The van der Waals surface area contributed by atoms with Crippen LogP contribution in [0.2, 0.25) is 0 Å². The number of thioether (sulfide) groups is 1. The summed E-state index contributed by atoms with van der Waals surface area (Å²) in [6, 6.07) is 3.41. The predicted molar refractivity (Wildman–Crippen MR) is 75.0 cm³/mol. The molecule has 0 atom stereocenters. The second-order valence-corrected chi connectivity index (χ2v) is 5.83. The summed E-state index contributed by atoms with van der Waals surface area (Å²) < 4.78 is 1.80. The van der Waals surface area contributed by atoms with Crippen LogP contribution in [0.1, 0.15) is 10.4 Å². The molecule has 0 aliphatic carbocycles. The molecular formula is C12H12N2O3S2. The van der Waals surface area contributed by atoms with E-state index in [1.165, 1.54) is 16.5 Å². The molecule has 100 valence electrons. The summed E-state index contributed by atoms with van der Waals surface area (Å²) in [5, 5.41) is 11.1. The number of carboxylic acid groups (broad SMARTS) is 1. The molecule has 2 aromatic rings. The van der Waals surface area contributed by atoms with Gasteiger partial charge in [0.05, 0.1) is 12.3 Å². The summed E-state index contributed by atoms with van der Waals surface area (Å²) in [6.07, 6.45) is 1.65. The maximum atomic E-state index is 11.3. The highest BCUT2D eigenvalue weighted by Crippen LogP contribution is 2.20. The Morgan fingerprint density at radius 3 is 2.95 bits per heavy atom. The maximum absolute atomic E-state index is 11.3. The lowest BCUT2D eigenvalue weighted by molar-refractivity contribution is -0.133. The highest BCUT2D eigenvalue weighted by Gasteiger charge is 2.09. The van der Waals surface area contributed by atoms with Crippen molar-refractivity contribution < 1.29 is 9.90 Å². The van der Waals surface area contributed by atoms with Gasteiger partial charge in [-0.3, -0.25) is 9.59 Å². The van der Waals surface area contributed by atoms with Crippen LogP contribution in [0.25, 0.3) is 0 Å². The Hall–Kier alpha value is -1.60. The van der Waals surface area contributed by atoms with E-state index in [9.17, 15) is 9.59 Å². The molecule has 7 heteroatoms. The first-order valence-corrected chi connectivity index (χ1v) is 7.38. The normalized spacial score (nSPS) is 10.6. The van der Waals surface area contributed by atoms with E-state index in [1.54, 1.807) is 22.1 Å². The molecule has 0 aliphatic rings. The Labute approximate surface area is 117 Å². The second-order valence-electron chi connectivity index (χ2n) is 3.89. The molecule has 0 saturated heterocycles. The lowest BCUT2D eigenvalue weighted by atomic mass is 10.3. The third kappa shape index (κ3) is 3.68. The maximum Gasteiger partial charge on any atom is 0.313 e. The van der Waals surface area contributed by atoms with Gasteiger partial charge in [0.2, 0.25) is 0 Å². The van der Waals surface area contributed by atoms with E-state index in [0.29, 0.717) is 11.7 Å². The molecule has 0 spiro atoms. The van der Waals surface area contributed by atoms with E-state index in [2.05, 4.69) is 4.98 Å². The SMILES string of the molecule is Cc1ccsc1Cn1ccc(=O)nc1SCC(=O)O. The first kappa shape index (κ1) is 13.8. The Balaban J connectivity index is 2.26. The average Bonchev–Trinajstić information content (AvgIpc) is 2.75. The van der Waals surface area contributed by atoms with Crippen LogP contribution in [0.15, 0.2) is 33.7 Å². The first-order valence-electron chi connectivity index (χ1n) is 5.51. The Kier molecular flexibility index (Phi) is 4.39. The van der Waals surface area contributed by atoms with Gasteiger partial charge >= 0.3 is 5.97 Å². The smallest absolute Gasteiger partial charge is 0.313 e. The van der Waals surface area contributed by atoms with Crippen LogP contribution in [0.5, 0.6) is 0 Å². The molecule has 0 aromatic carbocycles. The van der Waals surface area contributed by atoms with Crippen molar-refractivity contribution in [1.82, 2.24) is 9.55 Å². The van der Waals surface area contributed by atoms with Gasteiger partial charge in [-0.25, -0.2) is 0 Å². The Morgan fingerprint density at radius 1 is 1.53 bits per heavy atom. The van der Waals surface area contributed by atoms with E-state index in [1.807, 2.05) is 18.4 Å². The minimum absolute atomic E-state index is 0.111. The summed E-state index contributed by atoms with van der Waals surface area (Å²) in [6.45, 7) is 2.62. The molecule has 0 aliphatic heterocycles. The van der Waals surface area contributed by atoms with Crippen LogP contribution in [0, 0.1) is 6.92 Å². The van der Waals surface area contributed by atoms with Gasteiger partial charge in [-0.1, -0.05) is 11.8 Å². The number of nitrogens with zero attached hydrogens (tertiary/aromatic N) is 2. The number of thiophene rings is 1. The summed E-state index contributed by atoms with van der Waals surface area (Å²) in [4.78, 5) is 26.9. The first-order chi connectivity index (χ1) is 9.06. The fourth-order valence-electron chi connectivity index (χ4n) is 1.50. The van der Waals surface area contributed by atoms with Crippen molar-refractivity contribution in [3.05, 3.63) is 44.5 Å². The van der Waals surface area contributed by atoms with Crippen molar-refractivity contribution in [3.8, 4) is 0 Å². The zero-order chi connectivity index (χ0) is 13.8. The highest BCUT2D eigenvalue weighted by molar-refractivity contribution is 7.99. The number of rotatable bonds is 5. The van der Waals surface area contributed by atoms with Crippen LogP contribution in [-0.2, 0) is 11.3 Å². The van der Waals surface area contributed by atoms with Gasteiger partial charge < -0.3 is 9.67 Å². The Bertz CT molecular complexity index is 648. The molecule has 5 nitrogen and oxygen atoms in total. The minimum atomic E-state index is -0.929. The van der Waals surface area contributed by atoms with Crippen molar-refractivity contribution in [2.45, 2.75) is 18.6 Å². The van der Waals surface area contributed by atoms with E-state index in [0.717, 1.165) is 11.8 Å². The molecule has 2 rings (SSSR count). The fourth-order valence-corrected chi connectivity index (χ4v) is 3.10. The number of aliphatic carboxylic acids is 1. The largest absolute Gasteiger partial charge is 0.481 e. The molecule has 0 fully saturated rings. The molecule has 0 unspecified atom stereocenters. The zero-order valence-corrected chi connectivity index (χ0v) is 11.8. The number of aryl methyl sites for hydroxylation is 1. The van der Waals surface area contributed by atoms with E-state index < -0.39 is 5.97 Å². The minimum Gasteiger partial charge on any atom is -0.481 e. The lowest BCUT2D eigenvalue weighted by Crippen LogP contribution is -2.14. The topological polar surface area (TPSA) is 72.2 Å². The van der Waals surface area contributed by atoms with Gasteiger partial charge in [0.15, 0.2) is 5.16 Å². The number of hydrogen-bond acceptors (Lipinski definition) is 5. The van der Waals surface area contributed by atoms with Crippen LogP contribution < -0.4 is 5.56 Å². The van der Waals surface area contributed by atoms with Crippen molar-refractivity contribution in [1.29, 1.82) is 0 Å². The molecular weight excluding hydrogens is 284 g/mol. The summed E-state index contributed by atoms with van der Waals surface area (Å²) in [5.74, 6) is -1.04. The van der Waals surface area contributed by atoms with E-state index in [4.69, 9.17) is 5.11 Å². The summed E-state index contributed by atoms with van der Waals surface area (Å²) in [7, 11) is 0. The third-order valence-electron chi connectivity index (χ3n) is 2.46. The standard InChI is InChI=1S/C12H12N2O3S2/c1-8-3-5-18-9(8)6-14-4-2-10(15)13-12(14)19-7-11(16)17/h2-5H,6-7H2,1H3,(H,16,17). The molecule has 2 heterocycles. The Morgan fingerprint density at radius 2 is 2.32 bits per heavy atom. The molecule has 0 saturated carbocycles. The molecule has 0 amide bonds. The van der Waals surface area contributed by atoms with E-state index >= 15 is 0 Å². The van der Waals surface area contributed by atoms with Crippen LogP contribution >= 0.6 is 23.1 Å². The average molecular weight is 296 g/mol. The fraction of sp³-hybridized carbons (Fsp3) is 0.250. The van der Waals surface area contributed by atoms with Crippen molar-refractivity contribution in [3.63, 3.8) is 0 Å². The highest BCUT2D eigenvalue weighted by atomic mass is 32.2. The predicted octanol–water partition coefficient (Wildman–Crippen LogP) is 1.84. The molecule has 2 aromatic heterocycles. The third-order valence-corrected chi connectivity index (χ3v) is 4.44. The van der Waals surface area contributed by atoms with Crippen LogP contribution in [0.4, 0.5) is 0 Å². The van der Waals surface area contributed by atoms with Gasteiger partial charge in [0.1, 0.15) is 0 Å². The summed E-state index contributed by atoms with van der Waals surface area (Å²) >= 11 is 2.68. The monoisotopic (exact) mass is 296 g/mol. The van der Waals surface area contributed by atoms with Gasteiger partial charge in [-0.05, 0) is 23.9 Å². The molecule has 0 bridgehead atoms. The number of carbonyl (C=O) groups is 1. The zero-order valence-electron chi connectivity index (χ0n) is 10.2. The van der Waals surface area contributed by atoms with Crippen LogP contribution in [0.3, 0.4) is 0 Å². The summed E-state index contributed by atoms with van der Waals surface area (Å²) in [5.41, 5.74) is 0.824. The number of hydrogen-bond donors (Lipinski definition) is 1. The second kappa shape index (κ2) is 6.03. The molecule has 19 heavy (non-hydrogen) atoms. The van der Waals surface area contributed by atoms with Gasteiger partial charge in [0.25, 0.3) is 5.56 Å². The van der Waals surface area contributed by atoms with Crippen LogP contribution in [-0.4, -0.2) is 26.4 Å². The quantitative estimate of drug-likeness (QED) is 0.673. The van der Waals surface area contributed by atoms with Crippen molar-refractivity contribution >= 4 is 29.1 Å².